The fraction of sp³-hybridized carbons (Fsp3) is 0.400. The van der Waals surface area contributed by atoms with E-state index in [1.165, 1.54) is 6.07 Å². The SMILES string of the molecule is N[C@@]1(c2cc(Br)ccc2F)COC(COCc2ccccc2)CC1CO. The quantitative estimate of drug-likeness (QED) is 0.747. The van der Waals surface area contributed by atoms with Crippen LogP contribution < -0.4 is 5.73 Å². The minimum atomic E-state index is -1.07. The van der Waals surface area contributed by atoms with Crippen LogP contribution in [0.15, 0.2) is 53.0 Å². The fourth-order valence-corrected chi connectivity index (χ4v) is 3.72. The lowest BCUT2D eigenvalue weighted by molar-refractivity contribution is -0.106. The highest BCUT2D eigenvalue weighted by Gasteiger charge is 2.44. The van der Waals surface area contributed by atoms with Gasteiger partial charge in [-0.3, -0.25) is 0 Å². The standard InChI is InChI=1S/C20H23BrFNO3/c21-16-6-7-19(22)18(9-16)20(23)13-26-17(8-15(20)10-24)12-25-11-14-4-2-1-3-5-14/h1-7,9,15,17,24H,8,10-13,23H2/t15?,17?,20-/m0/s1. The van der Waals surface area contributed by atoms with Gasteiger partial charge in [-0.2, -0.15) is 0 Å². The first-order valence-electron chi connectivity index (χ1n) is 8.61. The molecule has 2 aromatic rings. The minimum absolute atomic E-state index is 0.130. The largest absolute Gasteiger partial charge is 0.396 e. The van der Waals surface area contributed by atoms with Crippen molar-refractivity contribution in [1.82, 2.24) is 0 Å². The molecule has 0 amide bonds. The Balaban J connectivity index is 1.64. The molecule has 0 aromatic heterocycles. The monoisotopic (exact) mass is 423 g/mol. The maximum atomic E-state index is 14.3. The number of hydrogen-bond donors (Lipinski definition) is 2. The molecule has 3 atom stereocenters. The maximum Gasteiger partial charge on any atom is 0.128 e. The summed E-state index contributed by atoms with van der Waals surface area (Å²) in [5.74, 6) is -0.707. The third-order valence-electron chi connectivity index (χ3n) is 4.90. The molecule has 3 N–H and O–H groups in total. The summed E-state index contributed by atoms with van der Waals surface area (Å²) in [6.07, 6.45) is 0.330. The average molecular weight is 424 g/mol. The van der Waals surface area contributed by atoms with Crippen LogP contribution in [0.4, 0.5) is 4.39 Å². The topological polar surface area (TPSA) is 64.7 Å². The molecule has 0 aliphatic carbocycles. The molecule has 2 aromatic carbocycles. The molecule has 1 aliphatic heterocycles. The highest BCUT2D eigenvalue weighted by atomic mass is 79.9. The van der Waals surface area contributed by atoms with Gasteiger partial charge in [-0.05, 0) is 30.2 Å². The van der Waals surface area contributed by atoms with Crippen LogP contribution in [0.5, 0.6) is 0 Å². The van der Waals surface area contributed by atoms with Gasteiger partial charge in [0.25, 0.3) is 0 Å². The van der Waals surface area contributed by atoms with Gasteiger partial charge in [-0.15, -0.1) is 0 Å². The number of hydrogen-bond acceptors (Lipinski definition) is 4. The Morgan fingerprint density at radius 3 is 2.77 bits per heavy atom. The molecule has 6 heteroatoms. The van der Waals surface area contributed by atoms with Gasteiger partial charge in [0, 0.05) is 22.6 Å². The molecule has 0 radical (unpaired) electrons. The van der Waals surface area contributed by atoms with E-state index in [-0.39, 0.29) is 25.2 Å². The molecule has 0 spiro atoms. The van der Waals surface area contributed by atoms with Crippen molar-refractivity contribution in [1.29, 1.82) is 0 Å². The van der Waals surface area contributed by atoms with Gasteiger partial charge >= 0.3 is 0 Å². The van der Waals surface area contributed by atoms with E-state index in [1.54, 1.807) is 12.1 Å². The molecule has 0 saturated carbocycles. The highest BCUT2D eigenvalue weighted by Crippen LogP contribution is 2.37. The van der Waals surface area contributed by atoms with Crippen molar-refractivity contribution < 1.29 is 19.0 Å². The third-order valence-corrected chi connectivity index (χ3v) is 5.39. The van der Waals surface area contributed by atoms with Crippen LogP contribution in [0.2, 0.25) is 0 Å². The summed E-state index contributed by atoms with van der Waals surface area (Å²) in [7, 11) is 0. The van der Waals surface area contributed by atoms with Gasteiger partial charge in [0.15, 0.2) is 0 Å². The number of aliphatic hydroxyl groups is 1. The minimum Gasteiger partial charge on any atom is -0.396 e. The first-order chi connectivity index (χ1) is 12.5. The summed E-state index contributed by atoms with van der Waals surface area (Å²) >= 11 is 3.35. The van der Waals surface area contributed by atoms with Crippen LogP contribution in [0.1, 0.15) is 17.5 Å². The first-order valence-corrected chi connectivity index (χ1v) is 9.41. The molecule has 4 nitrogen and oxygen atoms in total. The predicted molar refractivity (Wildman–Crippen MR) is 101 cm³/mol. The molecular formula is C20H23BrFNO3. The molecule has 1 saturated heterocycles. The van der Waals surface area contributed by atoms with Crippen molar-refractivity contribution in [3.63, 3.8) is 0 Å². The number of aliphatic hydroxyl groups excluding tert-OH is 1. The maximum absolute atomic E-state index is 14.3. The van der Waals surface area contributed by atoms with Gasteiger partial charge in [0.2, 0.25) is 0 Å². The molecule has 26 heavy (non-hydrogen) atoms. The number of ether oxygens (including phenoxy) is 2. The number of rotatable bonds is 6. The van der Waals surface area contributed by atoms with Gasteiger partial charge in [-0.25, -0.2) is 4.39 Å². The lowest BCUT2D eigenvalue weighted by atomic mass is 9.75. The summed E-state index contributed by atoms with van der Waals surface area (Å²) in [5, 5.41) is 9.86. The normalized spacial score (nSPS) is 26.0. The molecule has 3 rings (SSSR count). The van der Waals surface area contributed by atoms with Gasteiger partial charge in [0.1, 0.15) is 5.82 Å². The number of halogens is 2. The Hall–Kier alpha value is -1.31. The Kier molecular flexibility index (Phi) is 6.42. The van der Waals surface area contributed by atoms with Crippen LogP contribution in [-0.4, -0.2) is 31.0 Å². The van der Waals surface area contributed by atoms with Crippen LogP contribution in [-0.2, 0) is 21.6 Å². The molecule has 1 fully saturated rings. The third kappa shape index (κ3) is 4.32. The lowest BCUT2D eigenvalue weighted by Crippen LogP contribution is -2.55. The summed E-state index contributed by atoms with van der Waals surface area (Å²) in [6.45, 7) is 0.896. The Labute approximate surface area is 161 Å². The van der Waals surface area contributed by atoms with E-state index in [1.807, 2.05) is 30.3 Å². The summed E-state index contributed by atoms with van der Waals surface area (Å²) in [6, 6.07) is 14.5. The number of benzene rings is 2. The van der Waals surface area contributed by atoms with Crippen LogP contribution in [0.25, 0.3) is 0 Å². The molecule has 0 bridgehead atoms. The van der Waals surface area contributed by atoms with Crippen molar-refractivity contribution >= 4 is 15.9 Å². The second-order valence-electron chi connectivity index (χ2n) is 6.71. The summed E-state index contributed by atoms with van der Waals surface area (Å²) in [4.78, 5) is 0. The second kappa shape index (κ2) is 8.59. The smallest absolute Gasteiger partial charge is 0.128 e. The van der Waals surface area contributed by atoms with E-state index in [2.05, 4.69) is 15.9 Å². The van der Waals surface area contributed by atoms with Crippen molar-refractivity contribution in [2.24, 2.45) is 11.7 Å². The van der Waals surface area contributed by atoms with Gasteiger partial charge in [0.05, 0.1) is 31.5 Å². The molecule has 1 aliphatic rings. The Morgan fingerprint density at radius 2 is 2.04 bits per heavy atom. The second-order valence-corrected chi connectivity index (χ2v) is 7.63. The predicted octanol–water partition coefficient (Wildman–Crippen LogP) is 3.36. The summed E-state index contributed by atoms with van der Waals surface area (Å²) < 4.78 is 26.7. The van der Waals surface area contributed by atoms with Crippen molar-refractivity contribution in [3.8, 4) is 0 Å². The van der Waals surface area contributed by atoms with Gasteiger partial charge < -0.3 is 20.3 Å². The van der Waals surface area contributed by atoms with Crippen molar-refractivity contribution in [3.05, 3.63) is 69.9 Å². The van der Waals surface area contributed by atoms with E-state index in [0.29, 0.717) is 25.2 Å². The highest BCUT2D eigenvalue weighted by molar-refractivity contribution is 9.10. The van der Waals surface area contributed by atoms with Crippen LogP contribution in [0.3, 0.4) is 0 Å². The van der Waals surface area contributed by atoms with Gasteiger partial charge in [-0.1, -0.05) is 46.3 Å². The fourth-order valence-electron chi connectivity index (χ4n) is 3.36. The molecule has 2 unspecified atom stereocenters. The zero-order valence-electron chi connectivity index (χ0n) is 14.4. The van der Waals surface area contributed by atoms with E-state index in [4.69, 9.17) is 15.2 Å². The lowest BCUT2D eigenvalue weighted by Gasteiger charge is -2.43. The zero-order chi connectivity index (χ0) is 18.6. The Bertz CT molecular complexity index is 730. The zero-order valence-corrected chi connectivity index (χ0v) is 16.0. The van der Waals surface area contributed by atoms with Crippen LogP contribution >= 0.6 is 15.9 Å². The number of nitrogens with two attached hydrogens (primary N) is 1. The van der Waals surface area contributed by atoms with Crippen LogP contribution in [0, 0.1) is 11.7 Å². The Morgan fingerprint density at radius 1 is 1.27 bits per heavy atom. The van der Waals surface area contributed by atoms with E-state index < -0.39 is 11.4 Å². The van der Waals surface area contributed by atoms with E-state index in [9.17, 15) is 9.50 Å². The summed E-state index contributed by atoms with van der Waals surface area (Å²) in [5.41, 5.74) is 6.87. The molecular weight excluding hydrogens is 401 g/mol. The van der Waals surface area contributed by atoms with E-state index >= 15 is 0 Å². The molecule has 1 heterocycles. The average Bonchev–Trinajstić information content (AvgIpc) is 2.66. The van der Waals surface area contributed by atoms with Crippen molar-refractivity contribution in [2.75, 3.05) is 19.8 Å². The first kappa shape index (κ1) is 19.5. The molecule has 140 valence electrons. The van der Waals surface area contributed by atoms with Crippen molar-refractivity contribution in [2.45, 2.75) is 24.7 Å². The van der Waals surface area contributed by atoms with E-state index in [0.717, 1.165) is 10.0 Å².